The molecule has 0 aromatic heterocycles. The lowest BCUT2D eigenvalue weighted by molar-refractivity contribution is -0.0899. The zero-order valence-electron chi connectivity index (χ0n) is 20.9. The van der Waals surface area contributed by atoms with E-state index < -0.39 is 5.60 Å². The highest BCUT2D eigenvalue weighted by Gasteiger charge is 2.49. The number of nitrogens with zero attached hydrogens (tertiary/aromatic N) is 1. The second-order valence-electron chi connectivity index (χ2n) is 10.6. The summed E-state index contributed by atoms with van der Waals surface area (Å²) in [6.45, 7) is 2.34. The molecule has 2 atom stereocenters. The Morgan fingerprint density at radius 1 is 0.972 bits per heavy atom. The van der Waals surface area contributed by atoms with Crippen molar-refractivity contribution >= 4 is 6.09 Å². The molecule has 2 saturated heterocycles. The number of piperidine rings is 2. The Morgan fingerprint density at radius 3 is 2.19 bits per heavy atom. The lowest BCUT2D eigenvalue weighted by atomic mass is 9.72. The number of carbonyl (C=O) groups is 1. The molecular weight excluding hydrogens is 450 g/mol. The van der Waals surface area contributed by atoms with E-state index in [0.717, 1.165) is 30.4 Å². The van der Waals surface area contributed by atoms with E-state index in [1.807, 2.05) is 30.0 Å². The fraction of sp³-hybridized carbons (Fsp3) is 0.387. The average Bonchev–Trinajstić information content (AvgIpc) is 3.20. The first kappa shape index (κ1) is 23.1. The van der Waals surface area contributed by atoms with Crippen LogP contribution in [0.4, 0.5) is 4.79 Å². The number of amides is 1. The molecule has 2 bridgehead atoms. The summed E-state index contributed by atoms with van der Waals surface area (Å²) in [6.07, 6.45) is 3.53. The third-order valence-electron chi connectivity index (χ3n) is 8.41. The largest absolute Gasteiger partial charge is 0.496 e. The van der Waals surface area contributed by atoms with E-state index in [9.17, 15) is 9.90 Å². The van der Waals surface area contributed by atoms with Crippen LogP contribution in [0.1, 0.15) is 60.3 Å². The number of aliphatic hydroxyl groups is 1. The van der Waals surface area contributed by atoms with E-state index in [1.54, 1.807) is 7.11 Å². The molecule has 3 aromatic carbocycles. The van der Waals surface area contributed by atoms with Crippen LogP contribution in [0.5, 0.6) is 5.75 Å². The van der Waals surface area contributed by atoms with Gasteiger partial charge in [-0.2, -0.15) is 0 Å². The van der Waals surface area contributed by atoms with Crippen LogP contribution in [0.25, 0.3) is 11.1 Å². The highest BCUT2D eigenvalue weighted by Crippen LogP contribution is 2.48. The van der Waals surface area contributed by atoms with Gasteiger partial charge in [-0.1, -0.05) is 60.7 Å². The smallest absolute Gasteiger partial charge is 0.410 e. The molecule has 0 saturated carbocycles. The van der Waals surface area contributed by atoms with Crippen molar-refractivity contribution in [2.24, 2.45) is 0 Å². The molecule has 36 heavy (non-hydrogen) atoms. The molecule has 1 amide bonds. The predicted molar refractivity (Wildman–Crippen MR) is 139 cm³/mol. The minimum Gasteiger partial charge on any atom is -0.496 e. The molecule has 186 valence electrons. The van der Waals surface area contributed by atoms with Crippen molar-refractivity contribution in [2.75, 3.05) is 13.7 Å². The molecule has 6 rings (SSSR count). The summed E-state index contributed by atoms with van der Waals surface area (Å²) in [4.78, 5) is 15.4. The number of hydrogen-bond acceptors (Lipinski definition) is 4. The molecule has 5 heteroatoms. The van der Waals surface area contributed by atoms with Crippen molar-refractivity contribution in [3.05, 3.63) is 89.0 Å². The van der Waals surface area contributed by atoms with Crippen molar-refractivity contribution in [1.82, 2.24) is 4.90 Å². The van der Waals surface area contributed by atoms with Crippen LogP contribution in [0.2, 0.25) is 0 Å². The summed E-state index contributed by atoms with van der Waals surface area (Å²) in [5.74, 6) is 0.755. The second kappa shape index (κ2) is 8.97. The molecule has 0 radical (unpaired) electrons. The van der Waals surface area contributed by atoms with E-state index in [2.05, 4.69) is 48.5 Å². The molecule has 0 spiro atoms. The van der Waals surface area contributed by atoms with Gasteiger partial charge in [0.15, 0.2) is 0 Å². The Kier molecular flexibility index (Phi) is 5.76. The first-order chi connectivity index (χ1) is 17.5. The van der Waals surface area contributed by atoms with E-state index in [0.29, 0.717) is 25.2 Å². The third-order valence-corrected chi connectivity index (χ3v) is 8.41. The maximum absolute atomic E-state index is 13.5. The summed E-state index contributed by atoms with van der Waals surface area (Å²) < 4.78 is 11.7. The summed E-state index contributed by atoms with van der Waals surface area (Å²) >= 11 is 0. The Hall–Kier alpha value is -3.31. The van der Waals surface area contributed by atoms with Gasteiger partial charge in [-0.3, -0.25) is 0 Å². The van der Waals surface area contributed by atoms with Gasteiger partial charge in [0, 0.05) is 36.4 Å². The minimum atomic E-state index is -1.02. The van der Waals surface area contributed by atoms with E-state index in [-0.39, 0.29) is 24.1 Å². The van der Waals surface area contributed by atoms with Gasteiger partial charge in [0.2, 0.25) is 0 Å². The first-order valence-corrected chi connectivity index (χ1v) is 13.0. The summed E-state index contributed by atoms with van der Waals surface area (Å²) in [5, 5.41) is 11.8. The number of hydrogen-bond donors (Lipinski definition) is 1. The van der Waals surface area contributed by atoms with Gasteiger partial charge in [-0.25, -0.2) is 4.79 Å². The molecule has 3 aromatic rings. The topological polar surface area (TPSA) is 59.0 Å². The Labute approximate surface area is 212 Å². The van der Waals surface area contributed by atoms with Crippen LogP contribution in [0, 0.1) is 6.92 Å². The fourth-order valence-corrected chi connectivity index (χ4v) is 6.80. The molecule has 5 nitrogen and oxygen atoms in total. The molecule has 2 aliphatic heterocycles. The molecular formula is C31H33NO4. The van der Waals surface area contributed by atoms with Crippen LogP contribution in [-0.2, 0) is 10.3 Å². The number of methoxy groups -OCH3 is 1. The molecule has 2 heterocycles. The standard InChI is InChI=1S/C31H33NO4/c1-20-14-15-28(29(16-20)35-2)31(34)17-21-8-7-9-22(18-31)32(21)30(33)36-19-27-25-12-5-3-10-23(25)24-11-4-6-13-26(24)27/h3-6,10-16,21-22,27,34H,7-9,17-19H2,1-2H3. The predicted octanol–water partition coefficient (Wildman–Crippen LogP) is 6.16. The Morgan fingerprint density at radius 2 is 1.58 bits per heavy atom. The van der Waals surface area contributed by atoms with Crippen LogP contribution in [0.3, 0.4) is 0 Å². The van der Waals surface area contributed by atoms with Crippen LogP contribution in [0.15, 0.2) is 66.7 Å². The number of benzene rings is 3. The van der Waals surface area contributed by atoms with Crippen molar-refractivity contribution < 1.29 is 19.4 Å². The second-order valence-corrected chi connectivity index (χ2v) is 10.6. The van der Waals surface area contributed by atoms with Gasteiger partial charge in [0.05, 0.1) is 12.7 Å². The summed E-state index contributed by atoms with van der Waals surface area (Å²) in [6, 6.07) is 22.6. The Bertz CT molecular complexity index is 1240. The quantitative estimate of drug-likeness (QED) is 0.483. The zero-order chi connectivity index (χ0) is 24.9. The summed E-state index contributed by atoms with van der Waals surface area (Å²) in [7, 11) is 1.65. The van der Waals surface area contributed by atoms with Gasteiger partial charge in [-0.05, 0) is 60.1 Å². The minimum absolute atomic E-state index is 0.0414. The fourth-order valence-electron chi connectivity index (χ4n) is 6.80. The highest BCUT2D eigenvalue weighted by molar-refractivity contribution is 5.79. The Balaban J connectivity index is 1.21. The maximum atomic E-state index is 13.5. The van der Waals surface area contributed by atoms with Crippen LogP contribution in [-0.4, -0.2) is 41.9 Å². The van der Waals surface area contributed by atoms with Gasteiger partial charge >= 0.3 is 6.09 Å². The average molecular weight is 484 g/mol. The molecule has 1 N–H and O–H groups in total. The van der Waals surface area contributed by atoms with Crippen molar-refractivity contribution in [1.29, 1.82) is 0 Å². The maximum Gasteiger partial charge on any atom is 0.410 e. The molecule has 2 unspecified atom stereocenters. The van der Waals surface area contributed by atoms with Crippen molar-refractivity contribution in [2.45, 2.75) is 62.6 Å². The first-order valence-electron chi connectivity index (χ1n) is 13.0. The van der Waals surface area contributed by atoms with Crippen molar-refractivity contribution in [3.63, 3.8) is 0 Å². The molecule has 1 aliphatic carbocycles. The number of fused-ring (bicyclic) bond motifs is 5. The van der Waals surface area contributed by atoms with Crippen LogP contribution >= 0.6 is 0 Å². The zero-order valence-corrected chi connectivity index (χ0v) is 20.9. The number of ether oxygens (including phenoxy) is 2. The molecule has 2 fully saturated rings. The normalized spacial score (nSPS) is 24.7. The van der Waals surface area contributed by atoms with E-state index >= 15 is 0 Å². The lowest BCUT2D eigenvalue weighted by Gasteiger charge is -2.51. The van der Waals surface area contributed by atoms with Crippen LogP contribution < -0.4 is 4.74 Å². The van der Waals surface area contributed by atoms with Gasteiger partial charge in [0.25, 0.3) is 0 Å². The van der Waals surface area contributed by atoms with Gasteiger partial charge in [-0.15, -0.1) is 0 Å². The lowest BCUT2D eigenvalue weighted by Crippen LogP contribution is -2.59. The van der Waals surface area contributed by atoms with Gasteiger partial charge in [0.1, 0.15) is 12.4 Å². The SMILES string of the molecule is COc1cc(C)ccc1C1(O)CC2CCCC(C1)N2C(=O)OCC1c2ccccc2-c2ccccc21. The summed E-state index contributed by atoms with van der Waals surface area (Å²) in [5.41, 5.74) is 5.77. The number of carbonyl (C=O) groups excluding carboxylic acids is 1. The van der Waals surface area contributed by atoms with E-state index in [1.165, 1.54) is 22.3 Å². The number of rotatable bonds is 4. The third kappa shape index (κ3) is 3.77. The highest BCUT2D eigenvalue weighted by atomic mass is 16.6. The van der Waals surface area contributed by atoms with Crippen molar-refractivity contribution in [3.8, 4) is 16.9 Å². The number of aryl methyl sites for hydroxylation is 1. The van der Waals surface area contributed by atoms with E-state index in [4.69, 9.17) is 9.47 Å². The van der Waals surface area contributed by atoms with Gasteiger partial charge < -0.3 is 19.5 Å². The monoisotopic (exact) mass is 483 g/mol. The molecule has 3 aliphatic rings.